The monoisotopic (exact) mass is 605 g/mol. The summed E-state index contributed by atoms with van der Waals surface area (Å²) >= 11 is 0. The molecule has 2 aromatic carbocycles. The first kappa shape index (κ1) is 36.2. The van der Waals surface area contributed by atoms with Crippen molar-refractivity contribution >= 4 is 17.9 Å². The molecule has 44 heavy (non-hydrogen) atoms. The molecule has 0 aliphatic heterocycles. The predicted molar refractivity (Wildman–Crippen MR) is 175 cm³/mol. The summed E-state index contributed by atoms with van der Waals surface area (Å²) in [6.45, 7) is 10.3. The lowest BCUT2D eigenvalue weighted by atomic mass is 9.98. The van der Waals surface area contributed by atoms with E-state index in [2.05, 4.69) is 30.4 Å². The van der Waals surface area contributed by atoms with Gasteiger partial charge in [0.05, 0.1) is 0 Å². The zero-order valence-corrected chi connectivity index (χ0v) is 27.2. The molecule has 3 amide bonds. The fourth-order valence-electron chi connectivity index (χ4n) is 4.89. The smallest absolute Gasteiger partial charge is 0.408 e. The van der Waals surface area contributed by atoms with Gasteiger partial charge < -0.3 is 25.4 Å². The fraction of sp³-hybridized carbons (Fsp3) is 0.528. The molecule has 0 saturated heterocycles. The molecule has 0 aromatic heterocycles. The van der Waals surface area contributed by atoms with Crippen LogP contribution in [0.2, 0.25) is 0 Å². The van der Waals surface area contributed by atoms with Gasteiger partial charge in [-0.15, -0.1) is 6.42 Å². The van der Waals surface area contributed by atoms with Crippen LogP contribution in [0, 0.1) is 12.3 Å². The van der Waals surface area contributed by atoms with Crippen molar-refractivity contribution in [2.45, 2.75) is 110 Å². The maximum atomic E-state index is 14.5. The van der Waals surface area contributed by atoms with Crippen molar-refractivity contribution in [1.82, 2.24) is 15.5 Å². The Morgan fingerprint density at radius 3 is 2.11 bits per heavy atom. The second-order valence-electron chi connectivity index (χ2n) is 12.2. The van der Waals surface area contributed by atoms with E-state index >= 15 is 0 Å². The van der Waals surface area contributed by atoms with Gasteiger partial charge in [0.2, 0.25) is 11.8 Å². The van der Waals surface area contributed by atoms with Gasteiger partial charge in [0, 0.05) is 25.1 Å². The highest BCUT2D eigenvalue weighted by atomic mass is 16.6. The van der Waals surface area contributed by atoms with Crippen LogP contribution in [0.1, 0.15) is 109 Å². The Labute approximate surface area is 263 Å². The molecule has 8 nitrogen and oxygen atoms in total. The molecule has 3 N–H and O–H groups in total. The van der Waals surface area contributed by atoms with Crippen molar-refractivity contribution < 1.29 is 24.2 Å². The molecule has 0 heterocycles. The minimum absolute atomic E-state index is 0.0978. The van der Waals surface area contributed by atoms with Gasteiger partial charge in [0.25, 0.3) is 0 Å². The Morgan fingerprint density at radius 2 is 1.52 bits per heavy atom. The summed E-state index contributed by atoms with van der Waals surface area (Å²) in [5, 5.41) is 15.6. The van der Waals surface area contributed by atoms with Crippen LogP contribution >= 0.6 is 0 Å². The number of hydrogen-bond acceptors (Lipinski definition) is 5. The van der Waals surface area contributed by atoms with Crippen LogP contribution in [-0.2, 0) is 20.7 Å². The first-order chi connectivity index (χ1) is 21.0. The first-order valence-corrected chi connectivity index (χ1v) is 15.9. The molecule has 2 unspecified atom stereocenters. The van der Waals surface area contributed by atoms with E-state index in [1.54, 1.807) is 62.1 Å². The highest BCUT2D eigenvalue weighted by Gasteiger charge is 2.36. The summed E-state index contributed by atoms with van der Waals surface area (Å²) in [7, 11) is 0. The summed E-state index contributed by atoms with van der Waals surface area (Å²) < 4.78 is 5.52. The molecule has 0 radical (unpaired) electrons. The van der Waals surface area contributed by atoms with Crippen molar-refractivity contribution in [3.8, 4) is 18.1 Å². The Morgan fingerprint density at radius 1 is 0.909 bits per heavy atom. The van der Waals surface area contributed by atoms with Gasteiger partial charge in [-0.05, 0) is 69.0 Å². The van der Waals surface area contributed by atoms with Crippen LogP contribution in [0.3, 0.4) is 0 Å². The zero-order chi connectivity index (χ0) is 32.5. The molecule has 8 heteroatoms. The summed E-state index contributed by atoms with van der Waals surface area (Å²) in [6.07, 6.45) is 12.6. The summed E-state index contributed by atoms with van der Waals surface area (Å²) in [6, 6.07) is 11.7. The second kappa shape index (κ2) is 18.6. The van der Waals surface area contributed by atoms with Crippen molar-refractivity contribution in [3.63, 3.8) is 0 Å². The average Bonchev–Trinajstić information content (AvgIpc) is 2.98. The topological polar surface area (TPSA) is 108 Å². The number of hydrogen-bond donors (Lipinski definition) is 3. The fourth-order valence-corrected chi connectivity index (χ4v) is 4.89. The molecule has 2 rings (SSSR count). The molecule has 0 fully saturated rings. The number of ether oxygens (including phenoxy) is 1. The standard InChI is InChI=1S/C36H51N3O5/c1-7-10-12-13-15-25-39(32(33(41)37-24-14-11-8-2)29-20-16-27(9-3)17-21-29)34(42)31(38-35(43)44-36(4,5)6)26-28-18-22-30(40)23-19-28/h3,16-23,31-32,40H,7-8,10-15,24-26H2,1-2,4-6H3,(H,37,41)(H,38,43). The number of unbranched alkanes of at least 4 members (excludes halogenated alkanes) is 6. The van der Waals surface area contributed by atoms with Gasteiger partial charge in [-0.3, -0.25) is 9.59 Å². The third-order valence-electron chi connectivity index (χ3n) is 7.18. The quantitative estimate of drug-likeness (QED) is 0.138. The van der Waals surface area contributed by atoms with E-state index in [-0.39, 0.29) is 18.1 Å². The van der Waals surface area contributed by atoms with Crippen LogP contribution in [0.4, 0.5) is 4.79 Å². The lowest BCUT2D eigenvalue weighted by Gasteiger charge is -2.35. The van der Waals surface area contributed by atoms with Crippen molar-refractivity contribution in [1.29, 1.82) is 0 Å². The van der Waals surface area contributed by atoms with E-state index < -0.39 is 29.7 Å². The Hall–Kier alpha value is -3.99. The molecule has 240 valence electrons. The van der Waals surface area contributed by atoms with E-state index in [1.807, 2.05) is 0 Å². The van der Waals surface area contributed by atoms with Crippen molar-refractivity contribution in [2.24, 2.45) is 0 Å². The molecular formula is C36H51N3O5. The minimum Gasteiger partial charge on any atom is -0.508 e. The van der Waals surface area contributed by atoms with Crippen molar-refractivity contribution in [2.75, 3.05) is 13.1 Å². The lowest BCUT2D eigenvalue weighted by molar-refractivity contribution is -0.142. The number of benzene rings is 2. The summed E-state index contributed by atoms with van der Waals surface area (Å²) in [5.74, 6) is 2.03. The number of aromatic hydroxyl groups is 1. The third-order valence-corrected chi connectivity index (χ3v) is 7.18. The van der Waals surface area contributed by atoms with E-state index in [0.717, 1.165) is 50.5 Å². The Bertz CT molecular complexity index is 1210. The van der Waals surface area contributed by atoms with Gasteiger partial charge in [-0.1, -0.05) is 82.6 Å². The number of phenols is 1. The van der Waals surface area contributed by atoms with Crippen molar-refractivity contribution in [3.05, 3.63) is 65.2 Å². The highest BCUT2D eigenvalue weighted by molar-refractivity contribution is 5.92. The number of nitrogens with zero attached hydrogens (tertiary/aromatic N) is 1. The van der Waals surface area contributed by atoms with E-state index in [9.17, 15) is 19.5 Å². The van der Waals surface area contributed by atoms with Crippen LogP contribution in [0.25, 0.3) is 0 Å². The molecule has 0 saturated carbocycles. The van der Waals surface area contributed by atoms with Gasteiger partial charge in [-0.25, -0.2) is 4.79 Å². The lowest BCUT2D eigenvalue weighted by Crippen LogP contribution is -2.54. The number of terminal acetylenes is 1. The first-order valence-electron chi connectivity index (χ1n) is 15.9. The molecule has 2 atom stereocenters. The highest BCUT2D eigenvalue weighted by Crippen LogP contribution is 2.25. The number of alkyl carbamates (subject to hydrolysis) is 1. The van der Waals surface area contributed by atoms with E-state index in [4.69, 9.17) is 11.2 Å². The predicted octanol–water partition coefficient (Wildman–Crippen LogP) is 6.66. The Kier molecular flexibility index (Phi) is 15.3. The summed E-state index contributed by atoms with van der Waals surface area (Å²) in [5.41, 5.74) is 1.28. The van der Waals surface area contributed by atoms with E-state index in [0.29, 0.717) is 30.6 Å². The van der Waals surface area contributed by atoms with Crippen LogP contribution in [-0.4, -0.2) is 52.6 Å². The minimum atomic E-state index is -1.02. The molecule has 0 aliphatic carbocycles. The van der Waals surface area contributed by atoms with Crippen LogP contribution in [0.5, 0.6) is 5.75 Å². The van der Waals surface area contributed by atoms with Gasteiger partial charge in [0.1, 0.15) is 23.4 Å². The zero-order valence-electron chi connectivity index (χ0n) is 27.2. The second-order valence-corrected chi connectivity index (χ2v) is 12.2. The number of carbonyl (C=O) groups excluding carboxylic acids is 3. The maximum absolute atomic E-state index is 14.5. The average molecular weight is 606 g/mol. The maximum Gasteiger partial charge on any atom is 0.408 e. The van der Waals surface area contributed by atoms with Gasteiger partial charge in [-0.2, -0.15) is 0 Å². The Balaban J connectivity index is 2.54. The number of rotatable bonds is 17. The molecule has 0 bridgehead atoms. The third kappa shape index (κ3) is 12.7. The largest absolute Gasteiger partial charge is 0.508 e. The molecule has 0 aliphatic rings. The number of nitrogens with one attached hydrogen (secondary N) is 2. The normalized spacial score (nSPS) is 12.5. The summed E-state index contributed by atoms with van der Waals surface area (Å²) in [4.78, 5) is 43.0. The van der Waals surface area contributed by atoms with Crippen LogP contribution in [0.15, 0.2) is 48.5 Å². The number of carbonyl (C=O) groups is 3. The van der Waals surface area contributed by atoms with Gasteiger partial charge in [0.15, 0.2) is 0 Å². The molecule has 2 aromatic rings. The molecule has 0 spiro atoms. The van der Waals surface area contributed by atoms with Crippen LogP contribution < -0.4 is 10.6 Å². The number of amides is 3. The SMILES string of the molecule is C#Cc1ccc(C(C(=O)NCCCCC)N(CCCCCCC)C(=O)C(Cc2ccc(O)cc2)NC(=O)OC(C)(C)C)cc1. The number of phenolic OH excluding ortho intramolecular Hbond substituents is 1. The van der Waals surface area contributed by atoms with Gasteiger partial charge >= 0.3 is 6.09 Å². The molecular weight excluding hydrogens is 554 g/mol. The van der Waals surface area contributed by atoms with E-state index in [1.165, 1.54) is 12.1 Å².